The lowest BCUT2D eigenvalue weighted by Gasteiger charge is -2.20. The fourth-order valence-electron chi connectivity index (χ4n) is 3.18. The van der Waals surface area contributed by atoms with Crippen LogP contribution in [0.25, 0.3) is 6.08 Å². The van der Waals surface area contributed by atoms with Gasteiger partial charge in [0.15, 0.2) is 0 Å². The molecule has 0 saturated carbocycles. The predicted molar refractivity (Wildman–Crippen MR) is 223 cm³/mol. The molecule has 0 aliphatic carbocycles. The van der Waals surface area contributed by atoms with Gasteiger partial charge < -0.3 is 24.1 Å². The van der Waals surface area contributed by atoms with E-state index in [2.05, 4.69) is 13.2 Å². The summed E-state index contributed by atoms with van der Waals surface area (Å²) in [6.45, 7) is 32.0. The Morgan fingerprint density at radius 2 is 0.929 bits per heavy atom. The summed E-state index contributed by atoms with van der Waals surface area (Å²) in [4.78, 5) is 56.1. The number of hydrogen-bond acceptors (Lipinski definition) is 9. The number of hydrogen-bond donors (Lipinski definition) is 1. The van der Waals surface area contributed by atoms with Crippen molar-refractivity contribution < 1.29 is 48.0 Å². The van der Waals surface area contributed by atoms with Crippen molar-refractivity contribution in [2.24, 2.45) is 21.7 Å². The lowest BCUT2D eigenvalue weighted by Crippen LogP contribution is -2.27. The van der Waals surface area contributed by atoms with Gasteiger partial charge in [0.1, 0.15) is 26.4 Å². The van der Waals surface area contributed by atoms with Crippen LogP contribution in [0, 0.1) is 21.7 Å². The Hall–Kier alpha value is -4.73. The molecule has 0 aliphatic rings. The van der Waals surface area contributed by atoms with Crippen molar-refractivity contribution in [1.82, 2.24) is 0 Å². The third-order valence-corrected chi connectivity index (χ3v) is 9.47. The topological polar surface area (TPSA) is 142 Å². The number of carbonyl (C=O) groups excluding carboxylic acids is 4. The fourth-order valence-corrected chi connectivity index (χ4v) is 3.18. The van der Waals surface area contributed by atoms with E-state index in [9.17, 15) is 24.0 Å². The second-order valence-corrected chi connectivity index (χ2v) is 15.9. The van der Waals surface area contributed by atoms with Crippen LogP contribution in [0.4, 0.5) is 0 Å². The molecular formula is C46H70O10. The lowest BCUT2D eigenvalue weighted by molar-refractivity contribution is -0.158. The van der Waals surface area contributed by atoms with Crippen molar-refractivity contribution in [2.75, 3.05) is 13.2 Å². The summed E-state index contributed by atoms with van der Waals surface area (Å²) >= 11 is 0. The number of ether oxygens (including phenoxy) is 4. The Morgan fingerprint density at radius 1 is 0.571 bits per heavy atom. The van der Waals surface area contributed by atoms with Gasteiger partial charge in [-0.1, -0.05) is 102 Å². The minimum atomic E-state index is -0.722. The van der Waals surface area contributed by atoms with Crippen molar-refractivity contribution in [3.8, 4) is 0 Å². The molecule has 0 aliphatic heterocycles. The molecule has 2 aromatic carbocycles. The third-order valence-electron chi connectivity index (χ3n) is 9.47. The van der Waals surface area contributed by atoms with Gasteiger partial charge in [-0.3, -0.25) is 19.2 Å². The Labute approximate surface area is 337 Å². The average Bonchev–Trinajstić information content (AvgIpc) is 3.18. The van der Waals surface area contributed by atoms with Crippen LogP contribution >= 0.6 is 0 Å². The molecule has 0 radical (unpaired) electrons. The molecule has 1 N–H and O–H groups in total. The van der Waals surface area contributed by atoms with E-state index >= 15 is 0 Å². The molecule has 0 amide bonds. The highest BCUT2D eigenvalue weighted by atomic mass is 16.6. The second kappa shape index (κ2) is 26.2. The number of carbonyl (C=O) groups is 5. The average molecular weight is 783 g/mol. The third kappa shape index (κ3) is 22.0. The van der Waals surface area contributed by atoms with E-state index in [0.29, 0.717) is 31.6 Å². The maximum Gasteiger partial charge on any atom is 0.333 e. The van der Waals surface area contributed by atoms with Gasteiger partial charge in [0.25, 0.3) is 0 Å². The van der Waals surface area contributed by atoms with Crippen molar-refractivity contribution in [1.29, 1.82) is 0 Å². The van der Waals surface area contributed by atoms with Gasteiger partial charge >= 0.3 is 29.8 Å². The van der Waals surface area contributed by atoms with Crippen LogP contribution in [-0.2, 0) is 56.1 Å². The molecule has 10 nitrogen and oxygen atoms in total. The fraction of sp³-hybridized carbons (Fsp3) is 0.543. The molecule has 0 unspecified atom stereocenters. The Balaban J connectivity index is 0. The molecule has 10 heteroatoms. The van der Waals surface area contributed by atoms with E-state index in [0.717, 1.165) is 29.5 Å². The molecule has 2 rings (SSSR count). The quantitative estimate of drug-likeness (QED) is 0.0713. The molecule has 0 bridgehead atoms. The maximum atomic E-state index is 11.8. The van der Waals surface area contributed by atoms with Crippen molar-refractivity contribution in [3.05, 3.63) is 90.0 Å². The number of rotatable bonds is 17. The molecule has 0 saturated heterocycles. The molecule has 0 heterocycles. The van der Waals surface area contributed by atoms with E-state index < -0.39 is 28.2 Å². The van der Waals surface area contributed by atoms with E-state index in [4.69, 9.17) is 24.1 Å². The molecule has 0 fully saturated rings. The minimum absolute atomic E-state index is 0.0667. The summed E-state index contributed by atoms with van der Waals surface area (Å²) in [5.74, 6) is -1.74. The van der Waals surface area contributed by atoms with E-state index in [1.165, 1.54) is 0 Å². The van der Waals surface area contributed by atoms with Crippen LogP contribution in [0.3, 0.4) is 0 Å². The first kappa shape index (κ1) is 53.4. The van der Waals surface area contributed by atoms with Crippen molar-refractivity contribution in [2.45, 2.75) is 129 Å². The van der Waals surface area contributed by atoms with Gasteiger partial charge in [-0.2, -0.15) is 0 Å². The van der Waals surface area contributed by atoms with Crippen LogP contribution in [0.1, 0.15) is 132 Å². The largest absolute Gasteiger partial charge is 0.481 e. The van der Waals surface area contributed by atoms with Crippen molar-refractivity contribution >= 4 is 35.9 Å². The van der Waals surface area contributed by atoms with Gasteiger partial charge in [0.2, 0.25) is 0 Å². The monoisotopic (exact) mass is 782 g/mol. The summed E-state index contributed by atoms with van der Waals surface area (Å²) in [7, 11) is 0. The van der Waals surface area contributed by atoms with Crippen LogP contribution in [0.2, 0.25) is 0 Å². The summed E-state index contributed by atoms with van der Waals surface area (Å²) in [5.41, 5.74) is 1.61. The number of aliphatic carboxylic acids is 1. The smallest absolute Gasteiger partial charge is 0.333 e. The number of carboxylic acid groups (broad SMARTS) is 1. The summed E-state index contributed by atoms with van der Waals surface area (Å²) in [5, 5.41) is 8.44. The number of carboxylic acids is 1. The number of benzene rings is 2. The standard InChI is InChI=1S/C15H20O2.C13H18O2.C12H20O4.C6H12O2/c1-5-12-7-9-13(10-8-12)11-17-14(16)15(3,4)6-2;1-4-13(2,3)12(14)15-10-11-8-6-5-7-9-11;1-6-12(4,5)11(14)16-8-7-15-10(13)9(2)3;1-4-6(2,3)5(7)8/h5,7-10H,1,6,11H2,2-4H3;5-9H,4,10H2,1-3H3;2,6-8H2,1,3-5H3;4H2,1-3H3,(H,7,8). The van der Waals surface area contributed by atoms with Gasteiger partial charge in [-0.15, -0.1) is 0 Å². The lowest BCUT2D eigenvalue weighted by atomic mass is 9.91. The predicted octanol–water partition coefficient (Wildman–Crippen LogP) is 10.6. The van der Waals surface area contributed by atoms with E-state index in [-0.39, 0.29) is 36.5 Å². The Kier molecular flexibility index (Phi) is 25.0. The van der Waals surface area contributed by atoms with Crippen LogP contribution in [0.5, 0.6) is 0 Å². The molecule has 2 aromatic rings. The number of esters is 4. The molecule has 0 spiro atoms. The zero-order valence-electron chi connectivity index (χ0n) is 36.5. The molecule has 0 atom stereocenters. The van der Waals surface area contributed by atoms with Crippen molar-refractivity contribution in [3.63, 3.8) is 0 Å². The second-order valence-electron chi connectivity index (χ2n) is 15.9. The van der Waals surface area contributed by atoms with Gasteiger partial charge in [0.05, 0.1) is 21.7 Å². The first-order valence-electron chi connectivity index (χ1n) is 19.2. The van der Waals surface area contributed by atoms with Crippen LogP contribution < -0.4 is 0 Å². The maximum absolute atomic E-state index is 11.8. The van der Waals surface area contributed by atoms with Gasteiger partial charge in [0, 0.05) is 5.57 Å². The molecular weight excluding hydrogens is 712 g/mol. The summed E-state index contributed by atoms with van der Waals surface area (Å²) in [6, 6.07) is 17.5. The summed E-state index contributed by atoms with van der Waals surface area (Å²) in [6.07, 6.45) is 4.75. The van der Waals surface area contributed by atoms with E-state index in [1.807, 2.05) is 124 Å². The Morgan fingerprint density at radius 3 is 1.25 bits per heavy atom. The first-order valence-corrected chi connectivity index (χ1v) is 19.2. The highest BCUT2D eigenvalue weighted by Gasteiger charge is 2.28. The first-order chi connectivity index (χ1) is 25.9. The zero-order valence-corrected chi connectivity index (χ0v) is 36.5. The van der Waals surface area contributed by atoms with Crippen LogP contribution in [0.15, 0.2) is 73.3 Å². The highest BCUT2D eigenvalue weighted by Crippen LogP contribution is 2.24. The molecule has 0 aromatic heterocycles. The van der Waals surface area contributed by atoms with Gasteiger partial charge in [-0.25, -0.2) is 4.79 Å². The van der Waals surface area contributed by atoms with E-state index in [1.54, 1.807) is 26.8 Å². The SMILES string of the molecule is C=C(C)C(=O)OCCOC(=O)C(C)(C)CC.C=Cc1ccc(COC(=O)C(C)(C)CC)cc1.CCC(C)(C)C(=O)O.CCC(C)(C)C(=O)OCc1ccccc1. The Bertz CT molecular complexity index is 1520. The van der Waals surface area contributed by atoms with Crippen LogP contribution in [-0.4, -0.2) is 48.2 Å². The highest BCUT2D eigenvalue weighted by molar-refractivity contribution is 5.87. The minimum Gasteiger partial charge on any atom is -0.481 e. The zero-order chi connectivity index (χ0) is 43.8. The molecule has 314 valence electrons. The van der Waals surface area contributed by atoms with Gasteiger partial charge in [-0.05, 0) is 105 Å². The summed E-state index contributed by atoms with van der Waals surface area (Å²) < 4.78 is 20.3. The normalized spacial score (nSPS) is 11.0. The molecule has 56 heavy (non-hydrogen) atoms.